The van der Waals surface area contributed by atoms with Gasteiger partial charge in [0.05, 0.1) is 0 Å². The van der Waals surface area contributed by atoms with E-state index in [1.165, 1.54) is 12.0 Å². The van der Waals surface area contributed by atoms with E-state index in [1.807, 2.05) is 0 Å². The first-order chi connectivity index (χ1) is 15.9. The molecule has 34 heavy (non-hydrogen) atoms. The molecular weight excluding hydrogens is 408 g/mol. The molecular formula is C34H42. The maximum atomic E-state index is 2.69. The zero-order valence-electron chi connectivity index (χ0n) is 22.5. The molecule has 0 aliphatic heterocycles. The second kappa shape index (κ2) is 6.18. The van der Waals surface area contributed by atoms with Crippen LogP contribution < -0.4 is 0 Å². The van der Waals surface area contributed by atoms with Crippen molar-refractivity contribution in [3.8, 4) is 0 Å². The van der Waals surface area contributed by atoms with Gasteiger partial charge in [0.25, 0.3) is 0 Å². The van der Waals surface area contributed by atoms with Crippen LogP contribution in [0.1, 0.15) is 68.2 Å². The summed E-state index contributed by atoms with van der Waals surface area (Å²) >= 11 is 0. The molecule has 2 fully saturated rings. The van der Waals surface area contributed by atoms with Crippen LogP contribution in [-0.4, -0.2) is 0 Å². The zero-order valence-corrected chi connectivity index (χ0v) is 22.5. The second-order valence-corrected chi connectivity index (χ2v) is 13.4. The Bertz CT molecular complexity index is 1230. The Kier molecular flexibility index (Phi) is 4.07. The topological polar surface area (TPSA) is 0 Å². The minimum atomic E-state index is -0.0281. The summed E-state index contributed by atoms with van der Waals surface area (Å²) in [6.45, 7) is 20.8. The third kappa shape index (κ3) is 1.83. The van der Waals surface area contributed by atoms with Gasteiger partial charge < -0.3 is 0 Å². The Balaban J connectivity index is 1.76. The molecule has 6 rings (SSSR count). The summed E-state index contributed by atoms with van der Waals surface area (Å²) in [7, 11) is 0. The van der Waals surface area contributed by atoms with Gasteiger partial charge in [-0.15, -0.1) is 0 Å². The molecule has 8 unspecified atom stereocenters. The molecule has 8 atom stereocenters. The normalized spacial score (nSPS) is 54.1. The second-order valence-electron chi connectivity index (χ2n) is 13.4. The van der Waals surface area contributed by atoms with Gasteiger partial charge in [-0.1, -0.05) is 133 Å². The van der Waals surface area contributed by atoms with Crippen LogP contribution in [0.4, 0.5) is 0 Å². The van der Waals surface area contributed by atoms with Gasteiger partial charge in [0.15, 0.2) is 0 Å². The van der Waals surface area contributed by atoms with E-state index < -0.39 is 0 Å². The minimum absolute atomic E-state index is 0.00334. The van der Waals surface area contributed by atoms with E-state index in [4.69, 9.17) is 0 Å². The molecule has 6 aliphatic rings. The van der Waals surface area contributed by atoms with Crippen LogP contribution in [0, 0.1) is 43.8 Å². The van der Waals surface area contributed by atoms with Gasteiger partial charge in [-0.25, -0.2) is 0 Å². The van der Waals surface area contributed by atoms with Crippen molar-refractivity contribution in [2.75, 3.05) is 0 Å². The predicted octanol–water partition coefficient (Wildman–Crippen LogP) is 9.09. The number of hydrogen-bond acceptors (Lipinski definition) is 0. The number of hydrogen-bond donors (Lipinski definition) is 0. The Hall–Kier alpha value is -2.08. The molecule has 6 aliphatic carbocycles. The number of allylic oxidation sites excluding steroid dienone is 16. The van der Waals surface area contributed by atoms with Crippen LogP contribution in [-0.2, 0) is 0 Å². The third-order valence-electron chi connectivity index (χ3n) is 13.7. The summed E-state index contributed by atoms with van der Waals surface area (Å²) < 4.78 is 0. The van der Waals surface area contributed by atoms with E-state index in [0.29, 0.717) is 5.92 Å². The van der Waals surface area contributed by atoms with Crippen molar-refractivity contribution in [3.05, 3.63) is 95.7 Å². The molecule has 0 radical (unpaired) electrons. The molecule has 2 saturated carbocycles. The molecule has 0 aromatic rings. The van der Waals surface area contributed by atoms with E-state index in [-0.39, 0.29) is 37.9 Å². The summed E-state index contributed by atoms with van der Waals surface area (Å²) in [6.07, 6.45) is 33.9. The molecule has 0 N–H and O–H groups in total. The van der Waals surface area contributed by atoms with Crippen molar-refractivity contribution in [2.45, 2.75) is 68.2 Å². The van der Waals surface area contributed by atoms with Crippen molar-refractivity contribution in [2.24, 2.45) is 43.8 Å². The lowest BCUT2D eigenvalue weighted by molar-refractivity contribution is -0.266. The fourth-order valence-corrected chi connectivity index (χ4v) is 10.9. The van der Waals surface area contributed by atoms with Crippen LogP contribution in [0.5, 0.6) is 0 Å². The monoisotopic (exact) mass is 450 g/mol. The van der Waals surface area contributed by atoms with Gasteiger partial charge in [-0.2, -0.15) is 0 Å². The molecule has 0 nitrogen and oxygen atoms in total. The molecule has 0 amide bonds. The molecule has 0 heterocycles. The lowest BCUT2D eigenvalue weighted by atomic mass is 9.22. The Labute approximate surface area is 207 Å². The van der Waals surface area contributed by atoms with E-state index in [2.05, 4.69) is 134 Å². The largest absolute Gasteiger partial charge is 0.0805 e. The zero-order chi connectivity index (χ0) is 24.4. The molecule has 0 aromatic carbocycles. The lowest BCUT2D eigenvalue weighted by Gasteiger charge is -2.80. The first kappa shape index (κ1) is 22.4. The van der Waals surface area contributed by atoms with Crippen molar-refractivity contribution >= 4 is 0 Å². The maximum Gasteiger partial charge on any atom is 0.00842 e. The maximum absolute atomic E-state index is 2.69. The quantitative estimate of drug-likeness (QED) is 0.374. The summed E-state index contributed by atoms with van der Waals surface area (Å²) in [4.78, 5) is 0. The molecule has 0 spiro atoms. The van der Waals surface area contributed by atoms with E-state index >= 15 is 0 Å². The van der Waals surface area contributed by atoms with E-state index in [9.17, 15) is 0 Å². The van der Waals surface area contributed by atoms with Gasteiger partial charge in [0, 0.05) is 27.1 Å². The van der Waals surface area contributed by atoms with Crippen LogP contribution in [0.15, 0.2) is 95.7 Å². The first-order valence-electron chi connectivity index (χ1n) is 13.4. The lowest BCUT2D eigenvalue weighted by Crippen LogP contribution is -2.75. The Morgan fingerprint density at radius 1 is 0.706 bits per heavy atom. The number of rotatable bonds is 1. The highest BCUT2D eigenvalue weighted by Gasteiger charge is 2.85. The van der Waals surface area contributed by atoms with Crippen molar-refractivity contribution in [3.63, 3.8) is 0 Å². The van der Waals surface area contributed by atoms with Gasteiger partial charge in [-0.3, -0.25) is 0 Å². The Morgan fingerprint density at radius 2 is 1.38 bits per heavy atom. The van der Waals surface area contributed by atoms with Crippen LogP contribution in [0.2, 0.25) is 0 Å². The van der Waals surface area contributed by atoms with E-state index in [1.54, 1.807) is 11.1 Å². The molecule has 0 heteroatoms. The predicted molar refractivity (Wildman–Crippen MR) is 145 cm³/mol. The standard InChI is InChI=1S/C34H42/c1-24-15-13-18-26-23-31(5)33(7)27(25-16-9-10-17-25)19-14-22-29(33,3)28(2)20-11-12-21-30(28,4)34(31,8)32(24,26)6/h9-16,18-22,26H,17,23H2,1-8H3. The van der Waals surface area contributed by atoms with Crippen molar-refractivity contribution in [1.29, 1.82) is 0 Å². The van der Waals surface area contributed by atoms with E-state index in [0.717, 1.165) is 6.42 Å². The summed E-state index contributed by atoms with van der Waals surface area (Å²) in [5, 5.41) is 0. The van der Waals surface area contributed by atoms with Gasteiger partial charge >= 0.3 is 0 Å². The van der Waals surface area contributed by atoms with Crippen molar-refractivity contribution < 1.29 is 0 Å². The molecule has 0 bridgehead atoms. The third-order valence-corrected chi connectivity index (χ3v) is 13.7. The fourth-order valence-electron chi connectivity index (χ4n) is 10.9. The Morgan fingerprint density at radius 3 is 2.06 bits per heavy atom. The van der Waals surface area contributed by atoms with Crippen LogP contribution in [0.25, 0.3) is 0 Å². The average Bonchev–Trinajstić information content (AvgIpc) is 3.39. The molecule has 0 saturated heterocycles. The van der Waals surface area contributed by atoms with Gasteiger partial charge in [0.2, 0.25) is 0 Å². The fraction of sp³-hybridized carbons (Fsp3) is 0.529. The van der Waals surface area contributed by atoms with Crippen molar-refractivity contribution in [1.82, 2.24) is 0 Å². The first-order valence-corrected chi connectivity index (χ1v) is 13.4. The SMILES string of the molecule is CC1=CC=CC2CC3(C)C4(C)C(C5=CC=CC5)=CC=CC4(C)C4(C)C=CC=CC4(C)C3(C)C12C. The highest BCUT2D eigenvalue weighted by molar-refractivity contribution is 5.57. The van der Waals surface area contributed by atoms with Gasteiger partial charge in [-0.05, 0) is 47.7 Å². The summed E-state index contributed by atoms with van der Waals surface area (Å²) in [5.41, 5.74) is 4.82. The highest BCUT2D eigenvalue weighted by Crippen LogP contribution is 2.90. The smallest absolute Gasteiger partial charge is 0.00842 e. The van der Waals surface area contributed by atoms with Crippen LogP contribution >= 0.6 is 0 Å². The molecule has 178 valence electrons. The van der Waals surface area contributed by atoms with Gasteiger partial charge in [0.1, 0.15) is 0 Å². The highest BCUT2D eigenvalue weighted by atomic mass is 14.9. The minimum Gasteiger partial charge on any atom is -0.0805 e. The average molecular weight is 451 g/mol. The van der Waals surface area contributed by atoms with Crippen LogP contribution in [0.3, 0.4) is 0 Å². The summed E-state index contributed by atoms with van der Waals surface area (Å²) in [6, 6.07) is 0. The number of fused-ring (bicyclic) bond motifs is 8. The molecule has 0 aromatic heterocycles. The summed E-state index contributed by atoms with van der Waals surface area (Å²) in [5.74, 6) is 0.551.